The lowest BCUT2D eigenvalue weighted by molar-refractivity contribution is -0.151. The van der Waals surface area contributed by atoms with Crippen molar-refractivity contribution in [2.45, 2.75) is 24.4 Å². The molecule has 1 fully saturated rings. The van der Waals surface area contributed by atoms with E-state index in [0.717, 1.165) is 32.8 Å². The van der Waals surface area contributed by atoms with Crippen LogP contribution >= 0.6 is 39.3 Å². The number of methoxy groups -OCH3 is 1. The van der Waals surface area contributed by atoms with Gasteiger partial charge in [0.2, 0.25) is 5.91 Å². The molecule has 1 amide bonds. The number of hydrogen-bond acceptors (Lipinski definition) is 8. The maximum Gasteiger partial charge on any atom is 0.355 e. The number of esters is 1. The van der Waals surface area contributed by atoms with Crippen LogP contribution in [-0.4, -0.2) is 58.9 Å². The summed E-state index contributed by atoms with van der Waals surface area (Å²) >= 11 is 11.4. The number of aromatic nitrogens is 1. The quantitative estimate of drug-likeness (QED) is 0.131. The van der Waals surface area contributed by atoms with Crippen molar-refractivity contribution < 1.29 is 28.6 Å². The minimum Gasteiger partial charge on any atom is -0.497 e. The molecule has 12 heteroatoms. The predicted octanol–water partition coefficient (Wildman–Crippen LogP) is 5.64. The number of nitrogens with one attached hydrogen (secondary N) is 1. The number of nitrogens with two attached hydrogens (primary N) is 1. The number of fused-ring (bicyclic) bond motifs is 2. The molecule has 1 saturated heterocycles. The first-order valence-corrected chi connectivity index (χ1v) is 15.8. The van der Waals surface area contributed by atoms with Gasteiger partial charge in [0.15, 0.2) is 0 Å². The van der Waals surface area contributed by atoms with Gasteiger partial charge in [0, 0.05) is 28.4 Å². The zero-order chi connectivity index (χ0) is 31.2. The van der Waals surface area contributed by atoms with E-state index in [4.69, 9.17) is 31.5 Å². The second kappa shape index (κ2) is 14.3. The van der Waals surface area contributed by atoms with E-state index < -0.39 is 12.0 Å². The number of nitrogens with zero attached hydrogens (tertiary/aromatic N) is 1. The van der Waals surface area contributed by atoms with Crippen molar-refractivity contribution in [1.82, 2.24) is 9.88 Å². The Morgan fingerprint density at radius 1 is 1.11 bits per heavy atom. The third-order valence-electron chi connectivity index (χ3n) is 7.07. The van der Waals surface area contributed by atoms with Crippen molar-refractivity contribution in [2.24, 2.45) is 5.73 Å². The van der Waals surface area contributed by atoms with Crippen molar-refractivity contribution in [3.63, 3.8) is 0 Å². The number of H-pyrrole nitrogens is 1. The number of β-lactam (4-membered cyclic amide) rings is 1. The van der Waals surface area contributed by atoms with Crippen LogP contribution < -0.4 is 15.2 Å². The van der Waals surface area contributed by atoms with Gasteiger partial charge in [0.05, 0.1) is 23.0 Å². The smallest absolute Gasteiger partial charge is 0.355 e. The van der Waals surface area contributed by atoms with Crippen LogP contribution in [0.15, 0.2) is 88.7 Å². The van der Waals surface area contributed by atoms with Gasteiger partial charge >= 0.3 is 5.97 Å². The number of rotatable bonds is 9. The Balaban J connectivity index is 0.000000367. The molecule has 2 atom stereocenters. The molecular weight excluding hydrogens is 670 g/mol. The molecule has 0 spiro atoms. The van der Waals surface area contributed by atoms with Crippen molar-refractivity contribution in [1.29, 1.82) is 0 Å². The van der Waals surface area contributed by atoms with Crippen LogP contribution in [0.5, 0.6) is 11.5 Å². The maximum absolute atomic E-state index is 13.2. The normalized spacial score (nSPS) is 17.3. The van der Waals surface area contributed by atoms with E-state index >= 15 is 0 Å². The van der Waals surface area contributed by atoms with Gasteiger partial charge in [0.1, 0.15) is 48.1 Å². The van der Waals surface area contributed by atoms with Crippen molar-refractivity contribution in [3.8, 4) is 11.5 Å². The van der Waals surface area contributed by atoms with E-state index in [2.05, 4.69) is 20.9 Å². The summed E-state index contributed by atoms with van der Waals surface area (Å²) in [6.07, 6.45) is 3.16. The Morgan fingerprint density at radius 2 is 1.86 bits per heavy atom. The molecule has 1 aromatic heterocycles. The van der Waals surface area contributed by atoms with Gasteiger partial charge in [-0.25, -0.2) is 4.79 Å². The second-order valence-electron chi connectivity index (χ2n) is 9.89. The zero-order valence-corrected chi connectivity index (χ0v) is 26.8. The molecule has 3 heterocycles. The second-order valence-corrected chi connectivity index (χ2v) is 12.2. The van der Waals surface area contributed by atoms with Crippen LogP contribution in [-0.2, 0) is 32.1 Å². The van der Waals surface area contributed by atoms with Crippen LogP contribution in [0.4, 0.5) is 0 Å². The number of ether oxygens (including phenoxy) is 3. The van der Waals surface area contributed by atoms with E-state index in [0.29, 0.717) is 34.3 Å². The molecular formula is C32H29BrClN3O6S. The average molecular weight is 699 g/mol. The summed E-state index contributed by atoms with van der Waals surface area (Å²) in [4.78, 5) is 40.3. The lowest BCUT2D eigenvalue weighted by atomic mass is 10.0. The van der Waals surface area contributed by atoms with E-state index in [1.807, 2.05) is 54.6 Å². The number of thioether (sulfide) groups is 1. The fraction of sp³-hybridized carbons (Fsp3) is 0.219. The van der Waals surface area contributed by atoms with Gasteiger partial charge in [-0.1, -0.05) is 54.1 Å². The minimum atomic E-state index is -0.642. The number of amides is 1. The monoisotopic (exact) mass is 697 g/mol. The van der Waals surface area contributed by atoms with Gasteiger partial charge in [-0.15, -0.1) is 11.8 Å². The number of carbonyl (C=O) groups is 3. The minimum absolute atomic E-state index is 0.0540. The first kappa shape index (κ1) is 31.6. The number of aldehydes is 1. The summed E-state index contributed by atoms with van der Waals surface area (Å²) in [7, 11) is 1.58. The highest BCUT2D eigenvalue weighted by molar-refractivity contribution is 9.10. The first-order valence-electron chi connectivity index (χ1n) is 13.6. The van der Waals surface area contributed by atoms with Crippen LogP contribution in [0.1, 0.15) is 11.1 Å². The number of halogens is 2. The molecule has 0 bridgehead atoms. The average Bonchev–Trinajstić information content (AvgIpc) is 3.48. The molecule has 3 aromatic carbocycles. The highest BCUT2D eigenvalue weighted by Crippen LogP contribution is 2.41. The van der Waals surface area contributed by atoms with E-state index in [-0.39, 0.29) is 30.2 Å². The molecule has 9 nitrogen and oxygen atoms in total. The number of benzene rings is 3. The molecule has 2 aliphatic rings. The highest BCUT2D eigenvalue weighted by Gasteiger charge is 2.52. The third-order valence-corrected chi connectivity index (χ3v) is 9.72. The zero-order valence-electron chi connectivity index (χ0n) is 23.6. The van der Waals surface area contributed by atoms with E-state index in [9.17, 15) is 14.4 Å². The lowest BCUT2D eigenvalue weighted by Crippen LogP contribution is -2.68. The van der Waals surface area contributed by atoms with Gasteiger partial charge in [-0.2, -0.15) is 0 Å². The molecule has 2 unspecified atom stereocenters. The molecule has 3 N–H and O–H groups in total. The Morgan fingerprint density at radius 3 is 2.57 bits per heavy atom. The Labute approximate surface area is 271 Å². The standard InChI is InChI=1S/C24H21BrClN3O5S.C8H8O/c1-32-14-4-2-12(3-5-14)9-34-24(31)21-13(11-35-23-20(27)22(30)29(21)23)10-33-17-8-28-16-7-6-15(25)19(26)18(16)17;9-7-6-8-4-2-1-3-5-8/h2-8,20,23,28H,9-11,27H2,1H3;1-5,7H,6H2. The number of carbonyl (C=O) groups excluding carboxylic acids is 3. The summed E-state index contributed by atoms with van der Waals surface area (Å²) in [6.45, 7) is 0.139. The van der Waals surface area contributed by atoms with Crippen LogP contribution in [0.2, 0.25) is 5.02 Å². The Kier molecular flexibility index (Phi) is 10.3. The van der Waals surface area contributed by atoms with Crippen molar-refractivity contribution >= 4 is 68.4 Å². The molecule has 4 aromatic rings. The third kappa shape index (κ3) is 6.81. The summed E-state index contributed by atoms with van der Waals surface area (Å²) in [5.74, 6) is 0.830. The summed E-state index contributed by atoms with van der Waals surface area (Å²) in [5.41, 5.74) is 9.50. The molecule has 0 aliphatic carbocycles. The van der Waals surface area contributed by atoms with Crippen LogP contribution in [0.25, 0.3) is 10.9 Å². The van der Waals surface area contributed by atoms with Gasteiger partial charge in [-0.05, 0) is 51.3 Å². The number of aromatic amines is 1. The SMILES string of the molecule is COc1ccc(COC(=O)C2=C(COc3c[nH]c4ccc(Br)c(Cl)c34)CSC3C(N)C(=O)N23)cc1.O=CCc1ccccc1. The van der Waals surface area contributed by atoms with Gasteiger partial charge < -0.3 is 29.7 Å². The Hall–Kier alpha value is -3.77. The summed E-state index contributed by atoms with van der Waals surface area (Å²) in [6, 6.07) is 20.0. The Bertz CT molecular complexity index is 1700. The molecule has 6 rings (SSSR count). The van der Waals surface area contributed by atoms with Crippen molar-refractivity contribution in [3.05, 3.63) is 105 Å². The van der Waals surface area contributed by atoms with E-state index in [1.165, 1.54) is 16.7 Å². The molecule has 228 valence electrons. The first-order chi connectivity index (χ1) is 21.3. The van der Waals surface area contributed by atoms with E-state index in [1.54, 1.807) is 25.4 Å². The summed E-state index contributed by atoms with van der Waals surface area (Å²) < 4.78 is 17.6. The predicted molar refractivity (Wildman–Crippen MR) is 174 cm³/mol. The van der Waals surface area contributed by atoms with Crippen LogP contribution in [0.3, 0.4) is 0 Å². The van der Waals surface area contributed by atoms with Crippen molar-refractivity contribution in [2.75, 3.05) is 19.5 Å². The molecule has 0 saturated carbocycles. The number of hydrogen-bond donors (Lipinski definition) is 2. The molecule has 44 heavy (non-hydrogen) atoms. The highest BCUT2D eigenvalue weighted by atomic mass is 79.9. The fourth-order valence-electron chi connectivity index (χ4n) is 4.73. The van der Waals surface area contributed by atoms with Gasteiger partial charge in [0.25, 0.3) is 0 Å². The molecule has 0 radical (unpaired) electrons. The topological polar surface area (TPSA) is 124 Å². The fourth-order valence-corrected chi connectivity index (χ4v) is 6.60. The maximum atomic E-state index is 13.2. The lowest BCUT2D eigenvalue weighted by Gasteiger charge is -2.48. The largest absolute Gasteiger partial charge is 0.497 e. The molecule has 2 aliphatic heterocycles. The van der Waals surface area contributed by atoms with Gasteiger partial charge in [-0.3, -0.25) is 9.69 Å². The summed E-state index contributed by atoms with van der Waals surface area (Å²) in [5, 5.41) is 0.954. The van der Waals surface area contributed by atoms with Crippen LogP contribution in [0, 0.1) is 0 Å².